The fourth-order valence-electron chi connectivity index (χ4n) is 6.20. The van der Waals surface area contributed by atoms with Gasteiger partial charge in [-0.25, -0.2) is 0 Å². The molecule has 0 amide bonds. The van der Waals surface area contributed by atoms with E-state index < -0.39 is 11.0 Å². The summed E-state index contributed by atoms with van der Waals surface area (Å²) in [4.78, 5) is 7.02. The van der Waals surface area contributed by atoms with Gasteiger partial charge < -0.3 is 19.5 Å². The van der Waals surface area contributed by atoms with Gasteiger partial charge in [-0.05, 0) is 49.7 Å². The zero-order valence-electron chi connectivity index (χ0n) is 15.0. The number of aromatic nitrogens is 1. The number of benzene rings is 1. The van der Waals surface area contributed by atoms with Crippen LogP contribution < -0.4 is 9.47 Å². The number of rotatable bonds is 1. The number of methoxy groups -OCH3 is 1. The number of likely N-dealkylation sites (tertiary alicyclic amines) is 1. The molecular weight excluding hydrogens is 328 g/mol. The first-order valence-electron chi connectivity index (χ1n) is 9.33. The molecule has 1 unspecified atom stereocenters. The van der Waals surface area contributed by atoms with Gasteiger partial charge in [-0.1, -0.05) is 12.1 Å². The van der Waals surface area contributed by atoms with Gasteiger partial charge in [0.05, 0.1) is 23.8 Å². The molecule has 0 saturated carbocycles. The Kier molecular flexibility index (Phi) is 2.65. The molecular formula is C21H22N2O3. The molecule has 26 heavy (non-hydrogen) atoms. The van der Waals surface area contributed by atoms with Crippen LogP contribution in [0.1, 0.15) is 34.9 Å². The van der Waals surface area contributed by atoms with Crippen molar-refractivity contribution in [3.8, 4) is 11.5 Å². The Morgan fingerprint density at radius 2 is 2.19 bits per heavy atom. The second-order valence-electron chi connectivity index (χ2n) is 8.20. The molecule has 1 fully saturated rings. The van der Waals surface area contributed by atoms with E-state index in [1.165, 1.54) is 11.1 Å². The minimum Gasteiger partial charge on any atom is -0.493 e. The highest BCUT2D eigenvalue weighted by Crippen LogP contribution is 2.68. The van der Waals surface area contributed by atoms with Crippen LogP contribution in [0.5, 0.6) is 11.5 Å². The number of fused-ring (bicyclic) bond motifs is 2. The van der Waals surface area contributed by atoms with Crippen LogP contribution in [0, 0.1) is 0 Å². The summed E-state index contributed by atoms with van der Waals surface area (Å²) in [7, 11) is 3.81. The molecule has 5 heteroatoms. The maximum Gasteiger partial charge on any atom is 0.166 e. The molecule has 1 aromatic carbocycles. The molecule has 2 bridgehead atoms. The maximum atomic E-state index is 12.2. The smallest absolute Gasteiger partial charge is 0.166 e. The van der Waals surface area contributed by atoms with Crippen molar-refractivity contribution in [2.75, 3.05) is 20.7 Å². The summed E-state index contributed by atoms with van der Waals surface area (Å²) in [6.45, 7) is 0.949. The van der Waals surface area contributed by atoms with Crippen LogP contribution in [-0.4, -0.2) is 47.3 Å². The van der Waals surface area contributed by atoms with Gasteiger partial charge in [-0.3, -0.25) is 4.98 Å². The van der Waals surface area contributed by atoms with E-state index in [4.69, 9.17) is 14.5 Å². The molecule has 5 nitrogen and oxygen atoms in total. The minimum atomic E-state index is -0.856. The highest BCUT2D eigenvalue weighted by Gasteiger charge is 2.72. The van der Waals surface area contributed by atoms with Crippen molar-refractivity contribution in [2.24, 2.45) is 0 Å². The SMILES string of the molecule is COc1ccc2c3c1O[C@H]1c4ncccc4C[C@@]4(O)C(C2)N(C)CC[C@]314. The Morgan fingerprint density at radius 3 is 3.04 bits per heavy atom. The predicted molar refractivity (Wildman–Crippen MR) is 95.7 cm³/mol. The first-order valence-corrected chi connectivity index (χ1v) is 9.33. The van der Waals surface area contributed by atoms with E-state index in [-0.39, 0.29) is 12.1 Å². The summed E-state index contributed by atoms with van der Waals surface area (Å²) in [5, 5.41) is 12.2. The van der Waals surface area contributed by atoms with E-state index in [0.717, 1.165) is 42.1 Å². The van der Waals surface area contributed by atoms with Gasteiger partial charge in [0.15, 0.2) is 17.6 Å². The van der Waals surface area contributed by atoms with Gasteiger partial charge in [0, 0.05) is 24.2 Å². The molecule has 6 rings (SSSR count). The molecule has 0 radical (unpaired) electrons. The average molecular weight is 350 g/mol. The standard InChI is InChI=1S/C21H22N2O3/c1-23-9-7-20-16-12-5-6-14(25-2)18(16)26-19(20)17-13(4-3-8-22-17)11-21(20,24)15(23)10-12/h3-6,8,15,19,24H,7,9-11H2,1-2H3/t15?,19-,20-,21+/m0/s1. The largest absolute Gasteiger partial charge is 0.493 e. The van der Waals surface area contributed by atoms with Crippen molar-refractivity contribution in [3.63, 3.8) is 0 Å². The first kappa shape index (κ1) is 15.0. The number of ether oxygens (including phenoxy) is 2. The predicted octanol–water partition coefficient (Wildman–Crippen LogP) is 2.01. The zero-order chi connectivity index (χ0) is 17.7. The average Bonchev–Trinajstić information content (AvgIpc) is 2.99. The third kappa shape index (κ3) is 1.42. The summed E-state index contributed by atoms with van der Waals surface area (Å²) in [5.41, 5.74) is 3.24. The van der Waals surface area contributed by atoms with E-state index >= 15 is 0 Å². The first-order chi connectivity index (χ1) is 12.6. The number of piperidine rings is 1. The van der Waals surface area contributed by atoms with E-state index in [1.807, 2.05) is 18.3 Å². The second kappa shape index (κ2) is 4.59. The van der Waals surface area contributed by atoms with Crippen molar-refractivity contribution in [3.05, 3.63) is 52.8 Å². The van der Waals surface area contributed by atoms with Gasteiger partial charge in [-0.2, -0.15) is 0 Å². The molecule has 2 aliphatic carbocycles. The Morgan fingerprint density at radius 1 is 1.31 bits per heavy atom. The summed E-state index contributed by atoms with van der Waals surface area (Å²) in [6.07, 6.45) is 3.91. The summed E-state index contributed by atoms with van der Waals surface area (Å²) in [6, 6.07) is 8.29. The number of nitrogens with zero attached hydrogens (tertiary/aromatic N) is 2. The highest BCUT2D eigenvalue weighted by atomic mass is 16.5. The molecule has 1 aromatic heterocycles. The van der Waals surface area contributed by atoms with Gasteiger partial charge in [0.1, 0.15) is 0 Å². The second-order valence-corrected chi connectivity index (χ2v) is 8.20. The fraction of sp³-hybridized carbons (Fsp3) is 0.476. The number of pyridine rings is 1. The van der Waals surface area contributed by atoms with E-state index in [2.05, 4.69) is 24.1 Å². The molecule has 1 saturated heterocycles. The third-order valence-corrected chi connectivity index (χ3v) is 7.32. The van der Waals surface area contributed by atoms with Crippen LogP contribution in [-0.2, 0) is 18.3 Å². The molecule has 2 aliphatic heterocycles. The van der Waals surface area contributed by atoms with Crippen molar-refractivity contribution in [1.29, 1.82) is 0 Å². The maximum absolute atomic E-state index is 12.2. The molecule has 4 aliphatic rings. The lowest BCUT2D eigenvalue weighted by molar-refractivity contribution is -0.168. The van der Waals surface area contributed by atoms with Gasteiger partial charge >= 0.3 is 0 Å². The summed E-state index contributed by atoms with van der Waals surface area (Å²) < 4.78 is 12.2. The molecule has 1 spiro atoms. The number of hydrogen-bond donors (Lipinski definition) is 1. The van der Waals surface area contributed by atoms with Gasteiger partial charge in [0.25, 0.3) is 0 Å². The Labute approximate surface area is 152 Å². The minimum absolute atomic E-state index is 0.0857. The van der Waals surface area contributed by atoms with Crippen molar-refractivity contribution in [1.82, 2.24) is 9.88 Å². The fourth-order valence-corrected chi connectivity index (χ4v) is 6.20. The number of aliphatic hydroxyl groups is 1. The van der Waals surface area contributed by atoms with Crippen molar-refractivity contribution < 1.29 is 14.6 Å². The van der Waals surface area contributed by atoms with Crippen molar-refractivity contribution in [2.45, 2.75) is 42.4 Å². The molecule has 4 atom stereocenters. The van der Waals surface area contributed by atoms with Crippen LogP contribution in [0.3, 0.4) is 0 Å². The van der Waals surface area contributed by atoms with E-state index in [1.54, 1.807) is 7.11 Å². The lowest BCUT2D eigenvalue weighted by Crippen LogP contribution is -2.73. The van der Waals surface area contributed by atoms with Crippen LogP contribution in [0.4, 0.5) is 0 Å². The van der Waals surface area contributed by atoms with Crippen LogP contribution >= 0.6 is 0 Å². The normalized spacial score (nSPS) is 36.1. The number of hydrogen-bond acceptors (Lipinski definition) is 5. The molecule has 134 valence electrons. The third-order valence-electron chi connectivity index (χ3n) is 7.32. The summed E-state index contributed by atoms with van der Waals surface area (Å²) >= 11 is 0. The van der Waals surface area contributed by atoms with Gasteiger partial charge in [0.2, 0.25) is 0 Å². The highest BCUT2D eigenvalue weighted by molar-refractivity contribution is 5.64. The topological polar surface area (TPSA) is 54.8 Å². The van der Waals surface area contributed by atoms with Crippen LogP contribution in [0.15, 0.2) is 30.5 Å². The molecule has 3 heterocycles. The van der Waals surface area contributed by atoms with E-state index in [0.29, 0.717) is 6.42 Å². The Hall–Kier alpha value is -2.11. The summed E-state index contributed by atoms with van der Waals surface area (Å²) in [5.74, 6) is 1.57. The Balaban J connectivity index is 1.73. The van der Waals surface area contributed by atoms with Crippen LogP contribution in [0.25, 0.3) is 0 Å². The zero-order valence-corrected chi connectivity index (χ0v) is 15.0. The van der Waals surface area contributed by atoms with E-state index in [9.17, 15) is 5.11 Å². The quantitative estimate of drug-likeness (QED) is 0.853. The van der Waals surface area contributed by atoms with Crippen molar-refractivity contribution >= 4 is 0 Å². The lowest BCUT2D eigenvalue weighted by Gasteiger charge is -2.62. The lowest BCUT2D eigenvalue weighted by atomic mass is 9.49. The monoisotopic (exact) mass is 350 g/mol. The molecule has 1 N–H and O–H groups in total. The number of likely N-dealkylation sites (N-methyl/N-ethyl adjacent to an activating group) is 1. The Bertz CT molecular complexity index is 945. The van der Waals surface area contributed by atoms with Crippen LogP contribution in [0.2, 0.25) is 0 Å². The molecule has 2 aromatic rings. The van der Waals surface area contributed by atoms with Gasteiger partial charge in [-0.15, -0.1) is 0 Å².